The number of aryl methyl sites for hydroxylation is 1. The maximum Gasteiger partial charge on any atom is 0.313 e. The van der Waals surface area contributed by atoms with E-state index in [4.69, 9.17) is 9.73 Å². The molecule has 1 aromatic carbocycles. The SMILES string of the molecule is Cc1cc2c(s1)Nc1ccccc1N=C2N1CC[N+](C)(COC(=O)[C@H]2CC[C@H](C(C)(C)C)CC2)CC1.[I-]. The largest absolute Gasteiger partial charge is 1.00 e. The molecule has 0 radical (unpaired) electrons. The first kappa shape index (κ1) is 28.4. The molecule has 1 saturated carbocycles. The second kappa shape index (κ2) is 11.2. The zero-order valence-corrected chi connectivity index (χ0v) is 25.8. The van der Waals surface area contributed by atoms with Crippen molar-refractivity contribution in [3.05, 3.63) is 40.8 Å². The zero-order chi connectivity index (χ0) is 25.5. The molecule has 1 N–H and O–H groups in total. The number of carbonyl (C=O) groups excluding carboxylic acids is 1. The van der Waals surface area contributed by atoms with Crippen molar-refractivity contribution in [1.82, 2.24) is 4.90 Å². The van der Waals surface area contributed by atoms with Crippen LogP contribution in [0.4, 0.5) is 16.4 Å². The summed E-state index contributed by atoms with van der Waals surface area (Å²) in [5.41, 5.74) is 3.54. The highest BCUT2D eigenvalue weighted by Crippen LogP contribution is 2.41. The summed E-state index contributed by atoms with van der Waals surface area (Å²) in [5.74, 6) is 1.84. The van der Waals surface area contributed by atoms with Crippen molar-refractivity contribution in [1.29, 1.82) is 0 Å². The number of fused-ring (bicyclic) bond motifs is 2. The van der Waals surface area contributed by atoms with Gasteiger partial charge in [0.15, 0.2) is 0 Å². The Hall–Kier alpha value is -1.65. The Morgan fingerprint density at radius 2 is 1.84 bits per heavy atom. The molecule has 3 heterocycles. The Balaban J connectivity index is 0.00000320. The topological polar surface area (TPSA) is 53.9 Å². The third-order valence-electron chi connectivity index (χ3n) is 8.40. The summed E-state index contributed by atoms with van der Waals surface area (Å²) >= 11 is 1.78. The molecule has 0 amide bonds. The number of esters is 1. The van der Waals surface area contributed by atoms with Crippen LogP contribution in [0.2, 0.25) is 0 Å². The van der Waals surface area contributed by atoms with Crippen LogP contribution in [-0.2, 0) is 9.53 Å². The van der Waals surface area contributed by atoms with Gasteiger partial charge in [0.1, 0.15) is 10.8 Å². The fourth-order valence-corrected chi connectivity index (χ4v) is 6.73. The van der Waals surface area contributed by atoms with E-state index in [0.717, 1.165) is 78.6 Å². The smallest absolute Gasteiger partial charge is 0.313 e. The van der Waals surface area contributed by atoms with Gasteiger partial charge in [-0.2, -0.15) is 0 Å². The molecule has 0 bridgehead atoms. The standard InChI is InChI=1S/C29H41N4O2S.HI/c1-20-18-23-26(30-24-8-6-7-9-25(24)31-27(23)36-20)32-14-16-33(5,17-15-32)19-35-28(34)21-10-12-22(13-11-21)29(2,3)4;/h6-9,18,21-22,31H,10-17,19H2,1-5H3;1H/q+1;/p-1/t21-,22-;. The van der Waals surface area contributed by atoms with E-state index in [1.807, 2.05) is 12.1 Å². The first-order valence-electron chi connectivity index (χ1n) is 13.4. The molecule has 202 valence electrons. The van der Waals surface area contributed by atoms with Crippen LogP contribution in [-0.4, -0.2) is 61.1 Å². The number of aliphatic imine (C=N–C) groups is 1. The Labute approximate surface area is 243 Å². The van der Waals surface area contributed by atoms with Gasteiger partial charge in [0.2, 0.25) is 6.73 Å². The number of thiophene rings is 1. The predicted molar refractivity (Wildman–Crippen MR) is 148 cm³/mol. The molecule has 2 aliphatic heterocycles. The van der Waals surface area contributed by atoms with Crippen LogP contribution in [0.25, 0.3) is 0 Å². The minimum Gasteiger partial charge on any atom is -1.00 e. The monoisotopic (exact) mass is 636 g/mol. The van der Waals surface area contributed by atoms with Gasteiger partial charge in [0.05, 0.1) is 56.1 Å². The van der Waals surface area contributed by atoms with Crippen LogP contribution in [0.15, 0.2) is 35.3 Å². The van der Waals surface area contributed by atoms with Crippen LogP contribution >= 0.6 is 11.3 Å². The molecule has 0 unspecified atom stereocenters. The number of carbonyl (C=O) groups is 1. The van der Waals surface area contributed by atoms with Gasteiger partial charge in [-0.05, 0) is 62.1 Å². The molecule has 1 aromatic heterocycles. The average Bonchev–Trinajstić information content (AvgIpc) is 3.14. The van der Waals surface area contributed by atoms with Gasteiger partial charge in [0, 0.05) is 4.88 Å². The van der Waals surface area contributed by atoms with Gasteiger partial charge in [-0.15, -0.1) is 11.3 Å². The minimum atomic E-state index is 0. The van der Waals surface area contributed by atoms with Gasteiger partial charge in [-0.1, -0.05) is 32.9 Å². The van der Waals surface area contributed by atoms with E-state index in [2.05, 4.69) is 63.2 Å². The molecule has 8 heteroatoms. The summed E-state index contributed by atoms with van der Waals surface area (Å²) in [6.07, 6.45) is 4.20. The van der Waals surface area contributed by atoms with Crippen LogP contribution in [0.3, 0.4) is 0 Å². The number of quaternary nitrogens is 1. The van der Waals surface area contributed by atoms with E-state index in [-0.39, 0.29) is 35.9 Å². The molecule has 3 aliphatic rings. The number of piperazine rings is 1. The van der Waals surface area contributed by atoms with Gasteiger partial charge in [0.25, 0.3) is 0 Å². The van der Waals surface area contributed by atoms with Gasteiger partial charge < -0.3 is 38.9 Å². The predicted octanol–water partition coefficient (Wildman–Crippen LogP) is 3.31. The number of anilines is 2. The molecule has 1 saturated heterocycles. The van der Waals surface area contributed by atoms with Gasteiger partial charge in [-0.25, -0.2) is 4.99 Å². The minimum absolute atomic E-state index is 0. The van der Waals surface area contributed by atoms with Crippen LogP contribution in [0, 0.1) is 24.2 Å². The van der Waals surface area contributed by atoms with Crippen molar-refractivity contribution in [2.24, 2.45) is 22.2 Å². The third kappa shape index (κ3) is 6.33. The van der Waals surface area contributed by atoms with E-state index in [1.165, 1.54) is 10.4 Å². The summed E-state index contributed by atoms with van der Waals surface area (Å²) in [7, 11) is 2.22. The summed E-state index contributed by atoms with van der Waals surface area (Å²) in [6, 6.07) is 10.5. The Morgan fingerprint density at radius 1 is 1.16 bits per heavy atom. The van der Waals surface area contributed by atoms with Crippen molar-refractivity contribution in [2.45, 2.75) is 53.4 Å². The summed E-state index contributed by atoms with van der Waals surface area (Å²) in [5, 5.41) is 4.76. The second-order valence-electron chi connectivity index (χ2n) is 12.2. The van der Waals surface area contributed by atoms with Crippen molar-refractivity contribution >= 4 is 39.5 Å². The number of hydrogen-bond donors (Lipinski definition) is 1. The molecule has 37 heavy (non-hydrogen) atoms. The van der Waals surface area contributed by atoms with E-state index in [9.17, 15) is 4.79 Å². The maximum absolute atomic E-state index is 12.9. The number of benzene rings is 1. The molecule has 6 nitrogen and oxygen atoms in total. The van der Waals surface area contributed by atoms with Crippen LogP contribution in [0.1, 0.15) is 56.9 Å². The number of hydrogen-bond acceptors (Lipinski definition) is 6. The zero-order valence-electron chi connectivity index (χ0n) is 22.8. The van der Waals surface area contributed by atoms with E-state index in [1.54, 1.807) is 11.3 Å². The van der Waals surface area contributed by atoms with Crippen molar-refractivity contribution < 1.29 is 38.0 Å². The van der Waals surface area contributed by atoms with Crippen molar-refractivity contribution in [3.63, 3.8) is 0 Å². The van der Waals surface area contributed by atoms with Crippen LogP contribution in [0.5, 0.6) is 0 Å². The first-order chi connectivity index (χ1) is 17.1. The third-order valence-corrected chi connectivity index (χ3v) is 9.36. The van der Waals surface area contributed by atoms with Crippen LogP contribution < -0.4 is 29.3 Å². The number of halogens is 1. The Morgan fingerprint density at radius 3 is 2.51 bits per heavy atom. The fourth-order valence-electron chi connectivity index (χ4n) is 5.81. The van der Waals surface area contributed by atoms with Gasteiger partial charge >= 0.3 is 5.97 Å². The number of amidine groups is 1. The summed E-state index contributed by atoms with van der Waals surface area (Å²) in [6.45, 7) is 13.2. The van der Waals surface area contributed by atoms with E-state index < -0.39 is 0 Å². The quantitative estimate of drug-likeness (QED) is 0.320. The van der Waals surface area contributed by atoms with Crippen molar-refractivity contribution in [2.75, 3.05) is 45.3 Å². The lowest BCUT2D eigenvalue weighted by atomic mass is 9.70. The molecular weight excluding hydrogens is 595 g/mol. The average molecular weight is 637 g/mol. The molecule has 0 atom stereocenters. The van der Waals surface area contributed by atoms with Gasteiger partial charge in [-0.3, -0.25) is 9.28 Å². The summed E-state index contributed by atoms with van der Waals surface area (Å²) in [4.78, 5) is 21.7. The van der Waals surface area contributed by atoms with E-state index in [0.29, 0.717) is 18.1 Å². The highest BCUT2D eigenvalue weighted by atomic mass is 127. The number of nitrogens with one attached hydrogen (secondary N) is 1. The number of rotatable bonds is 3. The summed E-state index contributed by atoms with van der Waals surface area (Å²) < 4.78 is 6.69. The first-order valence-corrected chi connectivity index (χ1v) is 14.2. The number of ether oxygens (including phenoxy) is 1. The molecule has 5 rings (SSSR count). The lowest BCUT2D eigenvalue weighted by molar-refractivity contribution is -0.929. The normalized spacial score (nSPS) is 22.9. The molecule has 1 aliphatic carbocycles. The lowest BCUT2D eigenvalue weighted by Crippen LogP contribution is -3.00. The number of para-hydroxylation sites is 2. The number of likely N-dealkylation sites (N-methyl/N-ethyl adjacent to an activating group) is 1. The lowest BCUT2D eigenvalue weighted by Gasteiger charge is -2.42. The molecular formula is C29H41IN4O2S. The Kier molecular flexibility index (Phi) is 8.60. The second-order valence-corrected chi connectivity index (χ2v) is 13.5. The Bertz CT molecular complexity index is 1140. The molecule has 0 spiro atoms. The highest BCUT2D eigenvalue weighted by molar-refractivity contribution is 7.16. The molecule has 2 fully saturated rings. The van der Waals surface area contributed by atoms with E-state index >= 15 is 0 Å². The maximum atomic E-state index is 12.9. The highest BCUT2D eigenvalue weighted by Gasteiger charge is 2.36. The molecule has 2 aromatic rings. The van der Waals surface area contributed by atoms with Crippen molar-refractivity contribution in [3.8, 4) is 0 Å². The number of nitrogens with zero attached hydrogens (tertiary/aromatic N) is 3. The fraction of sp³-hybridized carbons (Fsp3) is 0.586.